The van der Waals surface area contributed by atoms with Crippen LogP contribution in [0.5, 0.6) is 5.75 Å². The third-order valence-electron chi connectivity index (χ3n) is 2.77. The van der Waals surface area contributed by atoms with Gasteiger partial charge in [0.1, 0.15) is 12.4 Å². The zero-order valence-electron chi connectivity index (χ0n) is 11.8. The molecule has 1 rings (SSSR count). The molecule has 19 heavy (non-hydrogen) atoms. The Morgan fingerprint density at radius 2 is 1.84 bits per heavy atom. The largest absolute Gasteiger partial charge is 0.492 e. The Bertz CT molecular complexity index is 384. The van der Waals surface area contributed by atoms with Gasteiger partial charge in [0.15, 0.2) is 0 Å². The molecule has 1 aromatic rings. The van der Waals surface area contributed by atoms with Gasteiger partial charge in [-0.3, -0.25) is 0 Å². The average Bonchev–Trinajstić information content (AvgIpc) is 2.41. The van der Waals surface area contributed by atoms with Gasteiger partial charge in [-0.25, -0.2) is 0 Å². The van der Waals surface area contributed by atoms with Crippen molar-refractivity contribution < 1.29 is 9.47 Å². The van der Waals surface area contributed by atoms with Gasteiger partial charge in [-0.2, -0.15) is 5.26 Å². The molecule has 0 atom stereocenters. The van der Waals surface area contributed by atoms with Crippen molar-refractivity contribution in [2.45, 2.75) is 13.3 Å². The average molecular weight is 262 g/mol. The van der Waals surface area contributed by atoms with Gasteiger partial charge in [0, 0.05) is 19.7 Å². The van der Waals surface area contributed by atoms with E-state index >= 15 is 0 Å². The lowest BCUT2D eigenvalue weighted by molar-refractivity contribution is 0.116. The van der Waals surface area contributed by atoms with Crippen molar-refractivity contribution >= 4 is 0 Å². The van der Waals surface area contributed by atoms with E-state index in [1.54, 1.807) is 0 Å². The predicted molar refractivity (Wildman–Crippen MR) is 75.2 cm³/mol. The lowest BCUT2D eigenvalue weighted by Gasteiger charge is -2.16. The van der Waals surface area contributed by atoms with E-state index in [0.29, 0.717) is 13.0 Å². The molecule has 0 unspecified atom stereocenters. The Morgan fingerprint density at radius 3 is 2.47 bits per heavy atom. The molecule has 0 saturated heterocycles. The number of hydrogen-bond donors (Lipinski definition) is 0. The van der Waals surface area contributed by atoms with Crippen molar-refractivity contribution in [2.75, 3.05) is 40.0 Å². The minimum atomic E-state index is 0.445. The number of ether oxygens (including phenoxy) is 2. The Kier molecular flexibility index (Phi) is 7.64. The standard InChI is InChI=1S/C15H22N2O2/c1-3-18-12-10-17(2)11-13-19-15-6-4-14(5-7-15)8-9-16/h4-7H,3,8,10-13H2,1-2H3. The summed E-state index contributed by atoms with van der Waals surface area (Å²) < 4.78 is 10.9. The fraction of sp³-hybridized carbons (Fsp3) is 0.533. The second-order valence-electron chi connectivity index (χ2n) is 4.33. The molecule has 0 N–H and O–H groups in total. The highest BCUT2D eigenvalue weighted by molar-refractivity contribution is 5.28. The van der Waals surface area contributed by atoms with Crippen LogP contribution in [0.15, 0.2) is 24.3 Å². The molecule has 0 radical (unpaired) electrons. The van der Waals surface area contributed by atoms with E-state index in [2.05, 4.69) is 18.0 Å². The van der Waals surface area contributed by atoms with Crippen LogP contribution in [-0.2, 0) is 11.2 Å². The van der Waals surface area contributed by atoms with Crippen molar-refractivity contribution in [1.29, 1.82) is 5.26 Å². The molecule has 0 aliphatic carbocycles. The Labute approximate surface area is 115 Å². The van der Waals surface area contributed by atoms with Crippen molar-refractivity contribution in [3.8, 4) is 11.8 Å². The fourth-order valence-electron chi connectivity index (χ4n) is 1.59. The van der Waals surface area contributed by atoms with E-state index in [1.807, 2.05) is 31.2 Å². The van der Waals surface area contributed by atoms with Crippen molar-refractivity contribution in [3.63, 3.8) is 0 Å². The van der Waals surface area contributed by atoms with E-state index in [9.17, 15) is 0 Å². The summed E-state index contributed by atoms with van der Waals surface area (Å²) in [4.78, 5) is 2.18. The summed E-state index contributed by atoms with van der Waals surface area (Å²) >= 11 is 0. The second-order valence-corrected chi connectivity index (χ2v) is 4.33. The van der Waals surface area contributed by atoms with E-state index in [1.165, 1.54) is 0 Å². The fourth-order valence-corrected chi connectivity index (χ4v) is 1.59. The van der Waals surface area contributed by atoms with Gasteiger partial charge in [-0.05, 0) is 31.7 Å². The van der Waals surface area contributed by atoms with Gasteiger partial charge in [-0.1, -0.05) is 12.1 Å². The summed E-state index contributed by atoms with van der Waals surface area (Å²) in [5, 5.41) is 8.58. The first kappa shape index (κ1) is 15.5. The van der Waals surface area contributed by atoms with Crippen molar-refractivity contribution in [2.24, 2.45) is 0 Å². The molecule has 4 nitrogen and oxygen atoms in total. The molecule has 0 fully saturated rings. The number of hydrogen-bond acceptors (Lipinski definition) is 4. The molecule has 0 aliphatic rings. The monoisotopic (exact) mass is 262 g/mol. The molecule has 0 saturated carbocycles. The molecule has 0 heterocycles. The van der Waals surface area contributed by atoms with Crippen LogP contribution < -0.4 is 4.74 Å². The summed E-state index contributed by atoms with van der Waals surface area (Å²) in [7, 11) is 2.05. The van der Waals surface area contributed by atoms with Gasteiger partial charge in [-0.15, -0.1) is 0 Å². The molecule has 0 aliphatic heterocycles. The first-order chi connectivity index (χ1) is 9.26. The molecular weight excluding hydrogens is 240 g/mol. The van der Waals surface area contributed by atoms with Gasteiger partial charge in [0.25, 0.3) is 0 Å². The van der Waals surface area contributed by atoms with Crippen LogP contribution >= 0.6 is 0 Å². The van der Waals surface area contributed by atoms with Crippen LogP contribution in [0, 0.1) is 11.3 Å². The summed E-state index contributed by atoms with van der Waals surface area (Å²) in [6.45, 7) is 5.96. The van der Waals surface area contributed by atoms with Crippen LogP contribution in [-0.4, -0.2) is 44.9 Å². The normalized spacial score (nSPS) is 10.4. The lowest BCUT2D eigenvalue weighted by Crippen LogP contribution is -2.27. The maximum Gasteiger partial charge on any atom is 0.119 e. The lowest BCUT2D eigenvalue weighted by atomic mass is 10.2. The molecule has 1 aromatic carbocycles. The highest BCUT2D eigenvalue weighted by Gasteiger charge is 1.99. The second kappa shape index (κ2) is 9.37. The Morgan fingerprint density at radius 1 is 1.16 bits per heavy atom. The number of nitrogens with zero attached hydrogens (tertiary/aromatic N) is 2. The molecule has 4 heteroatoms. The van der Waals surface area contributed by atoms with Gasteiger partial charge in [0.2, 0.25) is 0 Å². The van der Waals surface area contributed by atoms with E-state index in [-0.39, 0.29) is 0 Å². The molecule has 104 valence electrons. The van der Waals surface area contributed by atoms with E-state index in [4.69, 9.17) is 14.7 Å². The van der Waals surface area contributed by atoms with Crippen LogP contribution in [0.1, 0.15) is 12.5 Å². The first-order valence-corrected chi connectivity index (χ1v) is 6.61. The van der Waals surface area contributed by atoms with Crippen LogP contribution in [0.25, 0.3) is 0 Å². The van der Waals surface area contributed by atoms with Crippen LogP contribution in [0.3, 0.4) is 0 Å². The highest BCUT2D eigenvalue weighted by Crippen LogP contribution is 2.12. The van der Waals surface area contributed by atoms with Crippen LogP contribution in [0.2, 0.25) is 0 Å². The number of nitriles is 1. The summed E-state index contributed by atoms with van der Waals surface area (Å²) in [5.41, 5.74) is 1.02. The Hall–Kier alpha value is -1.57. The van der Waals surface area contributed by atoms with Crippen LogP contribution in [0.4, 0.5) is 0 Å². The minimum Gasteiger partial charge on any atom is -0.492 e. The van der Waals surface area contributed by atoms with E-state index in [0.717, 1.165) is 37.6 Å². The zero-order valence-corrected chi connectivity index (χ0v) is 11.8. The number of likely N-dealkylation sites (N-methyl/N-ethyl adjacent to an activating group) is 1. The number of rotatable bonds is 9. The smallest absolute Gasteiger partial charge is 0.119 e. The topological polar surface area (TPSA) is 45.5 Å². The predicted octanol–water partition coefficient (Wildman–Crippen LogP) is 2.10. The summed E-state index contributed by atoms with van der Waals surface area (Å²) in [5.74, 6) is 0.847. The van der Waals surface area contributed by atoms with Gasteiger partial charge < -0.3 is 14.4 Å². The molecule has 0 amide bonds. The SMILES string of the molecule is CCOCCN(C)CCOc1ccc(CC#N)cc1. The number of benzene rings is 1. The minimum absolute atomic E-state index is 0.445. The maximum absolute atomic E-state index is 8.58. The summed E-state index contributed by atoms with van der Waals surface area (Å²) in [6.07, 6.45) is 0.445. The third-order valence-corrected chi connectivity index (χ3v) is 2.77. The quantitative estimate of drug-likeness (QED) is 0.639. The molecule has 0 aromatic heterocycles. The maximum atomic E-state index is 8.58. The molecular formula is C15H22N2O2. The van der Waals surface area contributed by atoms with Crippen molar-refractivity contribution in [3.05, 3.63) is 29.8 Å². The third kappa shape index (κ3) is 6.80. The molecule has 0 spiro atoms. The van der Waals surface area contributed by atoms with Gasteiger partial charge >= 0.3 is 0 Å². The van der Waals surface area contributed by atoms with E-state index < -0.39 is 0 Å². The highest BCUT2D eigenvalue weighted by atomic mass is 16.5. The zero-order chi connectivity index (χ0) is 13.9. The first-order valence-electron chi connectivity index (χ1n) is 6.61. The summed E-state index contributed by atoms with van der Waals surface area (Å²) in [6, 6.07) is 9.80. The van der Waals surface area contributed by atoms with Gasteiger partial charge in [0.05, 0.1) is 19.1 Å². The molecule has 0 bridgehead atoms. The Balaban J connectivity index is 2.20. The van der Waals surface area contributed by atoms with Crippen molar-refractivity contribution in [1.82, 2.24) is 4.90 Å².